The Balaban J connectivity index is 1.83. The van der Waals surface area contributed by atoms with Gasteiger partial charge in [0.1, 0.15) is 0 Å². The number of aromatic nitrogens is 1. The number of nitrogens with one attached hydrogen (secondary N) is 2. The van der Waals surface area contributed by atoms with Crippen LogP contribution >= 0.6 is 0 Å². The first-order valence-corrected chi connectivity index (χ1v) is 6.84. The summed E-state index contributed by atoms with van der Waals surface area (Å²) in [6.07, 6.45) is 1.79. The molecule has 2 rings (SSSR count). The van der Waals surface area contributed by atoms with E-state index in [1.807, 2.05) is 0 Å². The highest BCUT2D eigenvalue weighted by Crippen LogP contribution is 2.02. The molecule has 0 fully saturated rings. The lowest BCUT2D eigenvalue weighted by molar-refractivity contribution is -0.129. The minimum Gasteiger partial charge on any atom is -0.449 e. The normalized spacial score (nSPS) is 11.2. The molecule has 2 N–H and O–H groups in total. The minimum absolute atomic E-state index is 0.237. The van der Waals surface area contributed by atoms with Crippen LogP contribution in [0.2, 0.25) is 0 Å². The average Bonchev–Trinajstić information content (AvgIpc) is 2.60. The van der Waals surface area contributed by atoms with E-state index in [9.17, 15) is 14.4 Å². The lowest BCUT2D eigenvalue weighted by Gasteiger charge is -2.14. The number of hydrazine groups is 1. The van der Waals surface area contributed by atoms with Crippen LogP contribution in [0.15, 0.2) is 54.9 Å². The molecule has 2 amide bonds. The molecule has 0 saturated heterocycles. The number of rotatable bonds is 4. The van der Waals surface area contributed by atoms with Crippen molar-refractivity contribution in [1.29, 1.82) is 0 Å². The van der Waals surface area contributed by atoms with E-state index >= 15 is 0 Å². The van der Waals surface area contributed by atoms with Crippen molar-refractivity contribution in [2.24, 2.45) is 0 Å². The van der Waals surface area contributed by atoms with Crippen LogP contribution in [0.25, 0.3) is 0 Å². The number of ether oxygens (including phenoxy) is 1. The number of hydrogen-bond donors (Lipinski definition) is 2. The number of carbonyl (C=O) groups excluding carboxylic acids is 3. The van der Waals surface area contributed by atoms with Crippen LogP contribution < -0.4 is 10.9 Å². The highest BCUT2D eigenvalue weighted by molar-refractivity contribution is 5.96. The van der Waals surface area contributed by atoms with Crippen LogP contribution in [0.1, 0.15) is 27.6 Å². The van der Waals surface area contributed by atoms with E-state index in [0.717, 1.165) is 0 Å². The van der Waals surface area contributed by atoms with Crippen LogP contribution in [-0.2, 0) is 9.53 Å². The van der Waals surface area contributed by atoms with E-state index in [1.54, 1.807) is 36.4 Å². The van der Waals surface area contributed by atoms with Gasteiger partial charge < -0.3 is 4.74 Å². The number of esters is 1. The molecule has 1 aromatic heterocycles. The molecule has 1 aromatic carbocycles. The smallest absolute Gasteiger partial charge is 0.340 e. The molecule has 23 heavy (non-hydrogen) atoms. The van der Waals surface area contributed by atoms with E-state index in [0.29, 0.717) is 5.56 Å². The highest BCUT2D eigenvalue weighted by atomic mass is 16.5. The van der Waals surface area contributed by atoms with Crippen LogP contribution in [0, 0.1) is 0 Å². The molecule has 0 saturated carbocycles. The Morgan fingerprint density at radius 2 is 1.70 bits per heavy atom. The minimum atomic E-state index is -1.07. The summed E-state index contributed by atoms with van der Waals surface area (Å²) in [5.74, 6) is -1.79. The molecule has 0 aliphatic rings. The van der Waals surface area contributed by atoms with Crippen molar-refractivity contribution in [1.82, 2.24) is 15.8 Å². The van der Waals surface area contributed by atoms with Gasteiger partial charge in [0.2, 0.25) is 0 Å². The van der Waals surface area contributed by atoms with Gasteiger partial charge in [-0.3, -0.25) is 25.4 Å². The molecule has 0 aliphatic carbocycles. The summed E-state index contributed by atoms with van der Waals surface area (Å²) in [6.45, 7) is 1.40. The van der Waals surface area contributed by atoms with E-state index in [4.69, 9.17) is 4.74 Å². The Morgan fingerprint density at radius 1 is 1.00 bits per heavy atom. The Bertz CT molecular complexity index is 689. The van der Waals surface area contributed by atoms with Crippen molar-refractivity contribution in [2.75, 3.05) is 0 Å². The molecule has 1 atom stereocenters. The SMILES string of the molecule is C[C@H](OC(=O)c1cccnc1)C(=O)NNC(=O)c1ccccc1. The summed E-state index contributed by atoms with van der Waals surface area (Å²) in [6, 6.07) is 11.5. The second kappa shape index (κ2) is 7.69. The first-order chi connectivity index (χ1) is 11.1. The van der Waals surface area contributed by atoms with Crippen molar-refractivity contribution < 1.29 is 19.1 Å². The van der Waals surface area contributed by atoms with Crippen LogP contribution in [0.5, 0.6) is 0 Å². The van der Waals surface area contributed by atoms with E-state index in [1.165, 1.54) is 25.4 Å². The molecular formula is C16H15N3O4. The first kappa shape index (κ1) is 16.2. The Morgan fingerprint density at radius 3 is 2.35 bits per heavy atom. The van der Waals surface area contributed by atoms with Gasteiger partial charge in [0, 0.05) is 18.0 Å². The maximum absolute atomic E-state index is 11.8. The second-order valence-electron chi connectivity index (χ2n) is 4.60. The predicted octanol–water partition coefficient (Wildman–Crippen LogP) is 1.09. The lowest BCUT2D eigenvalue weighted by atomic mass is 10.2. The standard InChI is InChI=1S/C16H15N3O4/c1-11(23-16(22)13-8-5-9-17-10-13)14(20)18-19-15(21)12-6-3-2-4-7-12/h2-11H,1H3,(H,18,20)(H,19,21)/t11-/m0/s1. The summed E-state index contributed by atoms with van der Waals surface area (Å²) in [4.78, 5) is 39.2. The second-order valence-corrected chi connectivity index (χ2v) is 4.60. The van der Waals surface area contributed by atoms with Crippen LogP contribution in [0.3, 0.4) is 0 Å². The summed E-state index contributed by atoms with van der Waals surface area (Å²) in [7, 11) is 0. The number of benzene rings is 1. The Hall–Kier alpha value is -3.22. The Labute approximate surface area is 132 Å². The molecule has 7 nitrogen and oxygen atoms in total. The van der Waals surface area contributed by atoms with Gasteiger partial charge in [-0.15, -0.1) is 0 Å². The quantitative estimate of drug-likeness (QED) is 0.650. The average molecular weight is 313 g/mol. The molecule has 0 unspecified atom stereocenters. The van der Waals surface area contributed by atoms with Crippen molar-refractivity contribution in [2.45, 2.75) is 13.0 Å². The number of amides is 2. The zero-order valence-electron chi connectivity index (χ0n) is 12.4. The van der Waals surface area contributed by atoms with Crippen LogP contribution in [-0.4, -0.2) is 28.9 Å². The van der Waals surface area contributed by atoms with Gasteiger partial charge in [-0.1, -0.05) is 18.2 Å². The fourth-order valence-electron chi connectivity index (χ4n) is 1.65. The third-order valence-electron chi connectivity index (χ3n) is 2.89. The number of hydrogen-bond acceptors (Lipinski definition) is 5. The highest BCUT2D eigenvalue weighted by Gasteiger charge is 2.19. The van der Waals surface area contributed by atoms with Gasteiger partial charge >= 0.3 is 5.97 Å². The van der Waals surface area contributed by atoms with Crippen molar-refractivity contribution in [3.63, 3.8) is 0 Å². The molecule has 0 radical (unpaired) electrons. The summed E-state index contributed by atoms with van der Waals surface area (Å²) >= 11 is 0. The van der Waals surface area contributed by atoms with E-state index in [-0.39, 0.29) is 5.56 Å². The topological polar surface area (TPSA) is 97.4 Å². The first-order valence-electron chi connectivity index (χ1n) is 6.84. The molecule has 1 heterocycles. The van der Waals surface area contributed by atoms with Gasteiger partial charge in [0.05, 0.1) is 5.56 Å². The third-order valence-corrected chi connectivity index (χ3v) is 2.89. The zero-order chi connectivity index (χ0) is 16.7. The molecule has 2 aromatic rings. The molecule has 7 heteroatoms. The number of nitrogens with zero attached hydrogens (tertiary/aromatic N) is 1. The molecule has 0 bridgehead atoms. The summed E-state index contributed by atoms with van der Waals surface area (Å²) in [5.41, 5.74) is 5.09. The lowest BCUT2D eigenvalue weighted by Crippen LogP contribution is -2.46. The van der Waals surface area contributed by atoms with Crippen molar-refractivity contribution in [3.05, 3.63) is 66.0 Å². The number of carbonyl (C=O) groups is 3. The maximum atomic E-state index is 11.8. The fourth-order valence-corrected chi connectivity index (χ4v) is 1.65. The van der Waals surface area contributed by atoms with E-state index < -0.39 is 23.9 Å². The fraction of sp³-hybridized carbons (Fsp3) is 0.125. The van der Waals surface area contributed by atoms with Gasteiger partial charge in [0.25, 0.3) is 11.8 Å². The van der Waals surface area contributed by atoms with Gasteiger partial charge in [-0.25, -0.2) is 4.79 Å². The zero-order valence-corrected chi connectivity index (χ0v) is 12.4. The molecule has 118 valence electrons. The summed E-state index contributed by atoms with van der Waals surface area (Å²) in [5, 5.41) is 0. The van der Waals surface area contributed by atoms with Gasteiger partial charge in [-0.2, -0.15) is 0 Å². The number of pyridine rings is 1. The molecule has 0 spiro atoms. The maximum Gasteiger partial charge on any atom is 0.340 e. The van der Waals surface area contributed by atoms with Crippen molar-refractivity contribution in [3.8, 4) is 0 Å². The van der Waals surface area contributed by atoms with Crippen molar-refractivity contribution >= 4 is 17.8 Å². The van der Waals surface area contributed by atoms with Gasteiger partial charge in [0.15, 0.2) is 6.10 Å². The molecular weight excluding hydrogens is 298 g/mol. The van der Waals surface area contributed by atoms with Crippen LogP contribution in [0.4, 0.5) is 0 Å². The monoisotopic (exact) mass is 313 g/mol. The molecule has 0 aliphatic heterocycles. The summed E-state index contributed by atoms with van der Waals surface area (Å²) < 4.78 is 4.99. The van der Waals surface area contributed by atoms with Gasteiger partial charge in [-0.05, 0) is 31.2 Å². The third kappa shape index (κ3) is 4.63. The predicted molar refractivity (Wildman–Crippen MR) is 81.2 cm³/mol. The largest absolute Gasteiger partial charge is 0.449 e. The van der Waals surface area contributed by atoms with E-state index in [2.05, 4.69) is 15.8 Å². The Kier molecular flexibility index (Phi) is 5.40.